The van der Waals surface area contributed by atoms with Crippen LogP contribution < -0.4 is 19.0 Å². The van der Waals surface area contributed by atoms with Crippen molar-refractivity contribution in [3.8, 4) is 23.0 Å². The smallest absolute Gasteiger partial charge is 0.280 e. The summed E-state index contributed by atoms with van der Waals surface area (Å²) in [7, 11) is -1.23. The Balaban J connectivity index is 2.28. The number of sulfonamides is 1. The van der Waals surface area contributed by atoms with E-state index >= 15 is 0 Å². The molecule has 8 nitrogen and oxygen atoms in total. The van der Waals surface area contributed by atoms with Gasteiger partial charge in [0.05, 0.1) is 32.1 Å². The maximum Gasteiger partial charge on any atom is 0.280 e. The number of ether oxygens (including phenoxy) is 3. The third kappa shape index (κ3) is 4.95. The SMILES string of the molecule is CCOc1cc(/C=N/NS(=O)(=O)c2cc(OC)ccc2OC)cc(Cl)c1O. The average molecular weight is 415 g/mol. The molecule has 0 aliphatic rings. The third-order valence-corrected chi connectivity index (χ3v) is 4.93. The monoisotopic (exact) mass is 414 g/mol. The van der Waals surface area contributed by atoms with Crippen LogP contribution >= 0.6 is 11.6 Å². The average Bonchev–Trinajstić information content (AvgIpc) is 2.65. The molecular formula is C17H19ClN2O6S. The van der Waals surface area contributed by atoms with Crippen molar-refractivity contribution in [3.05, 3.63) is 40.9 Å². The quantitative estimate of drug-likeness (QED) is 0.508. The molecule has 10 heteroatoms. The van der Waals surface area contributed by atoms with Gasteiger partial charge in [-0.2, -0.15) is 18.4 Å². The Morgan fingerprint density at radius 3 is 2.56 bits per heavy atom. The molecule has 0 amide bonds. The third-order valence-electron chi connectivity index (χ3n) is 3.40. The zero-order chi connectivity index (χ0) is 20.0. The van der Waals surface area contributed by atoms with E-state index in [1.807, 2.05) is 0 Å². The summed E-state index contributed by atoms with van der Waals surface area (Å²) in [6.45, 7) is 2.08. The highest BCUT2D eigenvalue weighted by Gasteiger charge is 2.20. The summed E-state index contributed by atoms with van der Waals surface area (Å²) in [5.74, 6) is 0.470. The van der Waals surface area contributed by atoms with Gasteiger partial charge < -0.3 is 19.3 Å². The van der Waals surface area contributed by atoms with Gasteiger partial charge in [0.25, 0.3) is 10.0 Å². The number of phenols is 1. The Bertz CT molecular complexity index is 947. The Morgan fingerprint density at radius 2 is 1.93 bits per heavy atom. The molecule has 0 bridgehead atoms. The number of hydrazone groups is 1. The predicted molar refractivity (Wildman–Crippen MR) is 102 cm³/mol. The topological polar surface area (TPSA) is 106 Å². The number of hydrogen-bond acceptors (Lipinski definition) is 7. The lowest BCUT2D eigenvalue weighted by atomic mass is 10.2. The number of rotatable bonds is 8. The molecule has 0 fully saturated rings. The number of nitrogens with zero attached hydrogens (tertiary/aromatic N) is 1. The van der Waals surface area contributed by atoms with Gasteiger partial charge in [0.1, 0.15) is 16.4 Å². The van der Waals surface area contributed by atoms with Crippen LogP contribution in [0.15, 0.2) is 40.3 Å². The van der Waals surface area contributed by atoms with Crippen molar-refractivity contribution in [1.29, 1.82) is 0 Å². The van der Waals surface area contributed by atoms with Crippen LogP contribution in [0.4, 0.5) is 0 Å². The van der Waals surface area contributed by atoms with Crippen LogP contribution in [0.3, 0.4) is 0 Å². The van der Waals surface area contributed by atoms with Crippen LogP contribution in [0.5, 0.6) is 23.0 Å². The van der Waals surface area contributed by atoms with E-state index in [-0.39, 0.29) is 27.2 Å². The van der Waals surface area contributed by atoms with Crippen LogP contribution in [0.25, 0.3) is 0 Å². The van der Waals surface area contributed by atoms with Gasteiger partial charge in [-0.3, -0.25) is 0 Å². The van der Waals surface area contributed by atoms with Crippen LogP contribution in [0, 0.1) is 0 Å². The van der Waals surface area contributed by atoms with Crippen molar-refractivity contribution in [3.63, 3.8) is 0 Å². The van der Waals surface area contributed by atoms with Crippen molar-refractivity contribution in [2.75, 3.05) is 20.8 Å². The van der Waals surface area contributed by atoms with Crippen molar-refractivity contribution in [2.45, 2.75) is 11.8 Å². The zero-order valence-electron chi connectivity index (χ0n) is 14.9. The number of nitrogens with one attached hydrogen (secondary N) is 1. The van der Waals surface area contributed by atoms with E-state index in [0.717, 1.165) is 0 Å². The molecule has 0 aliphatic carbocycles. The first-order valence-corrected chi connectivity index (χ1v) is 9.60. The fourth-order valence-corrected chi connectivity index (χ4v) is 3.34. The van der Waals surface area contributed by atoms with Crippen molar-refractivity contribution < 1.29 is 27.7 Å². The molecular weight excluding hydrogens is 396 g/mol. The summed E-state index contributed by atoms with van der Waals surface area (Å²) >= 11 is 5.93. The molecule has 0 atom stereocenters. The molecule has 0 unspecified atom stereocenters. The molecule has 2 N–H and O–H groups in total. The second-order valence-corrected chi connectivity index (χ2v) is 7.19. The molecule has 0 saturated heterocycles. The Kier molecular flexibility index (Phi) is 6.75. The fourth-order valence-electron chi connectivity index (χ4n) is 2.15. The normalized spacial score (nSPS) is 11.4. The second-order valence-electron chi connectivity index (χ2n) is 5.15. The summed E-state index contributed by atoms with van der Waals surface area (Å²) in [5, 5.41) is 13.6. The number of halogens is 1. The lowest BCUT2D eigenvalue weighted by Gasteiger charge is -2.10. The van der Waals surface area contributed by atoms with Crippen molar-refractivity contribution >= 4 is 27.8 Å². The molecule has 146 valence electrons. The molecule has 2 rings (SSSR count). The molecule has 0 saturated carbocycles. The highest BCUT2D eigenvalue weighted by Crippen LogP contribution is 2.34. The zero-order valence-corrected chi connectivity index (χ0v) is 16.5. The number of benzene rings is 2. The highest BCUT2D eigenvalue weighted by molar-refractivity contribution is 7.89. The largest absolute Gasteiger partial charge is 0.503 e. The molecule has 0 aliphatic heterocycles. The maximum absolute atomic E-state index is 12.5. The minimum Gasteiger partial charge on any atom is -0.503 e. The summed E-state index contributed by atoms with van der Waals surface area (Å²) < 4.78 is 40.4. The van der Waals surface area contributed by atoms with Crippen molar-refractivity contribution in [1.82, 2.24) is 4.83 Å². The number of hydrogen-bond donors (Lipinski definition) is 2. The van der Waals surface area contributed by atoms with E-state index in [2.05, 4.69) is 9.93 Å². The first kappa shape index (κ1) is 20.7. The molecule has 0 aromatic heterocycles. The molecule has 0 heterocycles. The van der Waals surface area contributed by atoms with Gasteiger partial charge in [0.2, 0.25) is 0 Å². The number of aromatic hydroxyl groups is 1. The minimum atomic E-state index is -4.01. The van der Waals surface area contributed by atoms with Crippen LogP contribution in [0.1, 0.15) is 12.5 Å². The van der Waals surface area contributed by atoms with Gasteiger partial charge in [0.15, 0.2) is 11.5 Å². The molecule has 2 aromatic carbocycles. The van der Waals surface area contributed by atoms with Crippen LogP contribution in [-0.2, 0) is 10.0 Å². The van der Waals surface area contributed by atoms with Gasteiger partial charge in [-0.05, 0) is 36.8 Å². The molecule has 2 aromatic rings. The second kappa shape index (κ2) is 8.83. The number of phenolic OH excluding ortho intramolecular Hbond substituents is 1. The fraction of sp³-hybridized carbons (Fsp3) is 0.235. The van der Waals surface area contributed by atoms with Crippen LogP contribution in [-0.4, -0.2) is 40.6 Å². The maximum atomic E-state index is 12.5. The summed E-state index contributed by atoms with van der Waals surface area (Å²) in [6.07, 6.45) is 1.23. The standard InChI is InChI=1S/C17H19ClN2O6S/c1-4-26-15-8-11(7-13(18)17(15)21)10-19-20-27(22,23)16-9-12(24-2)5-6-14(16)25-3/h5-10,20-21H,4H2,1-3H3/b19-10+. The lowest BCUT2D eigenvalue weighted by Crippen LogP contribution is -2.19. The summed E-state index contributed by atoms with van der Waals surface area (Å²) in [4.78, 5) is 1.97. The van der Waals surface area contributed by atoms with E-state index in [1.54, 1.807) is 13.0 Å². The van der Waals surface area contributed by atoms with E-state index in [0.29, 0.717) is 17.9 Å². The summed E-state index contributed by atoms with van der Waals surface area (Å²) in [5.41, 5.74) is 0.432. The molecule has 0 radical (unpaired) electrons. The Morgan fingerprint density at radius 1 is 1.19 bits per heavy atom. The first-order valence-electron chi connectivity index (χ1n) is 7.74. The summed E-state index contributed by atoms with van der Waals surface area (Å²) in [6, 6.07) is 7.28. The van der Waals surface area contributed by atoms with E-state index in [4.69, 9.17) is 25.8 Å². The van der Waals surface area contributed by atoms with E-state index in [9.17, 15) is 13.5 Å². The molecule has 27 heavy (non-hydrogen) atoms. The van der Waals surface area contributed by atoms with E-state index < -0.39 is 10.0 Å². The van der Waals surface area contributed by atoms with Gasteiger partial charge in [-0.1, -0.05) is 11.6 Å². The molecule has 0 spiro atoms. The first-order chi connectivity index (χ1) is 12.8. The van der Waals surface area contributed by atoms with Gasteiger partial charge in [-0.25, -0.2) is 0 Å². The number of methoxy groups -OCH3 is 2. The Hall–Kier alpha value is -2.65. The van der Waals surface area contributed by atoms with Crippen molar-refractivity contribution in [2.24, 2.45) is 5.10 Å². The van der Waals surface area contributed by atoms with Gasteiger partial charge >= 0.3 is 0 Å². The highest BCUT2D eigenvalue weighted by atomic mass is 35.5. The Labute approximate surface area is 162 Å². The van der Waals surface area contributed by atoms with E-state index in [1.165, 1.54) is 44.7 Å². The van der Waals surface area contributed by atoms with Gasteiger partial charge in [-0.15, -0.1) is 0 Å². The minimum absolute atomic E-state index is 0.0553. The van der Waals surface area contributed by atoms with Crippen LogP contribution in [0.2, 0.25) is 5.02 Å². The predicted octanol–water partition coefficient (Wildman–Crippen LogP) is 2.77. The lowest BCUT2D eigenvalue weighted by molar-refractivity contribution is 0.318. The van der Waals surface area contributed by atoms with Gasteiger partial charge in [0, 0.05) is 6.07 Å².